The molecule has 0 aromatic rings. The van der Waals surface area contributed by atoms with Crippen LogP contribution in [-0.2, 0) is 9.59 Å². The predicted molar refractivity (Wildman–Crippen MR) is 42.1 cm³/mol. The van der Waals surface area contributed by atoms with Crippen LogP contribution in [0.4, 0.5) is 0 Å². The van der Waals surface area contributed by atoms with Crippen molar-refractivity contribution in [2.24, 2.45) is 0 Å². The third-order valence-electron chi connectivity index (χ3n) is 0.855. The second-order valence-corrected chi connectivity index (χ2v) is 1.92. The van der Waals surface area contributed by atoms with E-state index in [4.69, 9.17) is 11.6 Å². The second kappa shape index (κ2) is 5.73. The highest BCUT2D eigenvalue weighted by molar-refractivity contribution is 6.27. The van der Waals surface area contributed by atoms with Gasteiger partial charge in [-0.25, -0.2) is 0 Å². The first kappa shape index (κ1) is 9.97. The zero-order chi connectivity index (χ0) is 8.69. The van der Waals surface area contributed by atoms with Crippen molar-refractivity contribution < 1.29 is 9.59 Å². The van der Waals surface area contributed by atoms with Crippen LogP contribution in [0.3, 0.4) is 0 Å². The quantitative estimate of drug-likeness (QED) is 0.348. The zero-order valence-electron chi connectivity index (χ0n) is 5.89. The molecule has 0 spiro atoms. The average Bonchev–Trinajstić information content (AvgIpc) is 2.04. The summed E-state index contributed by atoms with van der Waals surface area (Å²) in [6.07, 6.45) is 1.12. The van der Waals surface area contributed by atoms with Crippen molar-refractivity contribution in [2.45, 2.75) is 0 Å². The molecule has 0 heterocycles. The summed E-state index contributed by atoms with van der Waals surface area (Å²) in [4.78, 5) is 20.9. The summed E-state index contributed by atoms with van der Waals surface area (Å²) < 4.78 is 0. The fourth-order valence-corrected chi connectivity index (χ4v) is 0.444. The van der Waals surface area contributed by atoms with Gasteiger partial charge in [0.15, 0.2) is 0 Å². The number of halogens is 1. The first-order chi connectivity index (χ1) is 5.20. The van der Waals surface area contributed by atoms with E-state index in [-0.39, 0.29) is 24.4 Å². The molecule has 0 saturated carbocycles. The number of carbonyl (C=O) groups is 2. The molecule has 62 valence electrons. The van der Waals surface area contributed by atoms with Crippen LogP contribution >= 0.6 is 11.6 Å². The van der Waals surface area contributed by atoms with E-state index in [0.717, 1.165) is 6.08 Å². The molecule has 0 fully saturated rings. The van der Waals surface area contributed by atoms with Gasteiger partial charge in [-0.05, 0) is 6.08 Å². The number of carbonyl (C=O) groups excluding carboxylic acids is 2. The van der Waals surface area contributed by atoms with Gasteiger partial charge >= 0.3 is 0 Å². The van der Waals surface area contributed by atoms with Gasteiger partial charge in [0.2, 0.25) is 11.8 Å². The molecule has 0 bridgehead atoms. The lowest BCUT2D eigenvalue weighted by Crippen LogP contribution is -2.36. The standard InChI is InChI=1S/C6H9ClN2O2/c1-2-5(10)8-4-9-6(11)3-7/h2H,1,3-4H2,(H,8,10)(H,9,11). The maximum absolute atomic E-state index is 10.5. The Morgan fingerprint density at radius 3 is 2.55 bits per heavy atom. The first-order valence-corrected chi connectivity index (χ1v) is 3.47. The highest BCUT2D eigenvalue weighted by Gasteiger charge is 1.96. The molecule has 0 aliphatic carbocycles. The molecule has 2 N–H and O–H groups in total. The van der Waals surface area contributed by atoms with Crippen molar-refractivity contribution in [1.29, 1.82) is 0 Å². The molecule has 0 aromatic carbocycles. The van der Waals surface area contributed by atoms with Crippen LogP contribution in [0.15, 0.2) is 12.7 Å². The van der Waals surface area contributed by atoms with E-state index in [0.29, 0.717) is 0 Å². The van der Waals surface area contributed by atoms with E-state index in [1.807, 2.05) is 0 Å². The Kier molecular flexibility index (Phi) is 5.20. The van der Waals surface area contributed by atoms with E-state index in [9.17, 15) is 9.59 Å². The Hall–Kier alpha value is -1.03. The van der Waals surface area contributed by atoms with Crippen molar-refractivity contribution in [3.63, 3.8) is 0 Å². The molecule has 0 unspecified atom stereocenters. The maximum Gasteiger partial charge on any atom is 0.244 e. The van der Waals surface area contributed by atoms with E-state index in [1.54, 1.807) is 0 Å². The van der Waals surface area contributed by atoms with Gasteiger partial charge in [-0.1, -0.05) is 6.58 Å². The van der Waals surface area contributed by atoms with Crippen molar-refractivity contribution in [3.05, 3.63) is 12.7 Å². The minimum atomic E-state index is -0.333. The SMILES string of the molecule is C=CC(=O)NCNC(=O)CCl. The number of alkyl halides is 1. The number of amides is 2. The lowest BCUT2D eigenvalue weighted by Gasteiger charge is -2.02. The van der Waals surface area contributed by atoms with Crippen LogP contribution in [-0.4, -0.2) is 24.4 Å². The minimum absolute atomic E-state index is 0.0798. The molecule has 0 aliphatic heterocycles. The topological polar surface area (TPSA) is 58.2 Å². The summed E-state index contributed by atoms with van der Waals surface area (Å²) in [5.41, 5.74) is 0. The molecule has 0 aliphatic rings. The van der Waals surface area contributed by atoms with Crippen LogP contribution < -0.4 is 10.6 Å². The summed E-state index contributed by atoms with van der Waals surface area (Å²) in [7, 11) is 0. The second-order valence-electron chi connectivity index (χ2n) is 1.66. The lowest BCUT2D eigenvalue weighted by molar-refractivity contribution is -0.119. The Balaban J connectivity index is 3.34. The van der Waals surface area contributed by atoms with Gasteiger partial charge in [-0.3, -0.25) is 9.59 Å². The summed E-state index contributed by atoms with van der Waals surface area (Å²) in [6.45, 7) is 3.31. The van der Waals surface area contributed by atoms with Gasteiger partial charge in [-0.2, -0.15) is 0 Å². The van der Waals surface area contributed by atoms with E-state index in [2.05, 4.69) is 17.2 Å². The number of hydrogen-bond acceptors (Lipinski definition) is 2. The van der Waals surface area contributed by atoms with Gasteiger partial charge in [0.05, 0.1) is 6.67 Å². The highest BCUT2D eigenvalue weighted by atomic mass is 35.5. The molecule has 5 heteroatoms. The van der Waals surface area contributed by atoms with E-state index < -0.39 is 0 Å². The molecule has 0 atom stereocenters. The highest BCUT2D eigenvalue weighted by Crippen LogP contribution is 1.71. The van der Waals surface area contributed by atoms with Crippen LogP contribution in [0.1, 0.15) is 0 Å². The lowest BCUT2D eigenvalue weighted by atomic mass is 10.6. The normalized spacial score (nSPS) is 8.45. The third kappa shape index (κ3) is 5.42. The van der Waals surface area contributed by atoms with Crippen molar-refractivity contribution in [1.82, 2.24) is 10.6 Å². The molecule has 0 aromatic heterocycles. The van der Waals surface area contributed by atoms with Gasteiger partial charge < -0.3 is 10.6 Å². The van der Waals surface area contributed by atoms with Crippen molar-refractivity contribution in [2.75, 3.05) is 12.5 Å². The van der Waals surface area contributed by atoms with Gasteiger partial charge in [0.1, 0.15) is 5.88 Å². The number of hydrogen-bond donors (Lipinski definition) is 2. The van der Waals surface area contributed by atoms with Gasteiger partial charge in [0, 0.05) is 0 Å². The predicted octanol–water partition coefficient (Wildman–Crippen LogP) is -0.399. The van der Waals surface area contributed by atoms with Gasteiger partial charge in [-0.15, -0.1) is 11.6 Å². The molecule has 0 radical (unpaired) electrons. The van der Waals surface area contributed by atoms with Crippen LogP contribution in [0.5, 0.6) is 0 Å². The molecule has 4 nitrogen and oxygen atoms in total. The first-order valence-electron chi connectivity index (χ1n) is 2.93. The summed E-state index contributed by atoms with van der Waals surface area (Å²) in [5, 5.41) is 4.70. The molecule has 2 amide bonds. The van der Waals surface area contributed by atoms with Crippen LogP contribution in [0.25, 0.3) is 0 Å². The Morgan fingerprint density at radius 2 is 2.09 bits per heavy atom. The smallest absolute Gasteiger partial charge is 0.244 e. The molecular formula is C6H9ClN2O2. The third-order valence-corrected chi connectivity index (χ3v) is 1.10. The Morgan fingerprint density at radius 1 is 1.45 bits per heavy atom. The van der Waals surface area contributed by atoms with Crippen LogP contribution in [0.2, 0.25) is 0 Å². The minimum Gasteiger partial charge on any atom is -0.338 e. The summed E-state index contributed by atoms with van der Waals surface area (Å²) in [5.74, 6) is -0.764. The summed E-state index contributed by atoms with van der Waals surface area (Å²) >= 11 is 5.16. The average molecular weight is 177 g/mol. The Labute approximate surface area is 69.6 Å². The Bertz CT molecular complexity index is 170. The van der Waals surface area contributed by atoms with E-state index in [1.165, 1.54) is 0 Å². The fourth-order valence-electron chi connectivity index (χ4n) is 0.349. The molecule has 11 heavy (non-hydrogen) atoms. The van der Waals surface area contributed by atoms with Crippen molar-refractivity contribution >= 4 is 23.4 Å². The van der Waals surface area contributed by atoms with Crippen molar-refractivity contribution in [3.8, 4) is 0 Å². The van der Waals surface area contributed by atoms with E-state index >= 15 is 0 Å². The zero-order valence-corrected chi connectivity index (χ0v) is 6.65. The maximum atomic E-state index is 10.5. The molecular weight excluding hydrogens is 168 g/mol. The summed E-state index contributed by atoms with van der Waals surface area (Å²) in [6, 6.07) is 0. The monoisotopic (exact) mass is 176 g/mol. The molecule has 0 rings (SSSR count). The largest absolute Gasteiger partial charge is 0.338 e. The fraction of sp³-hybridized carbons (Fsp3) is 0.333. The van der Waals surface area contributed by atoms with Crippen LogP contribution in [0, 0.1) is 0 Å². The number of nitrogens with one attached hydrogen (secondary N) is 2. The number of rotatable bonds is 4. The van der Waals surface area contributed by atoms with Gasteiger partial charge in [0.25, 0.3) is 0 Å². The molecule has 0 saturated heterocycles.